The van der Waals surface area contributed by atoms with E-state index in [1.165, 1.54) is 36.5 Å². The molecule has 0 aliphatic heterocycles. The highest BCUT2D eigenvalue weighted by atomic mass is 32.1. The van der Waals surface area contributed by atoms with E-state index in [9.17, 15) is 14.9 Å². The quantitative estimate of drug-likeness (QED) is 0.678. The average Bonchev–Trinajstić information content (AvgIpc) is 2.94. The third kappa shape index (κ3) is 3.45. The van der Waals surface area contributed by atoms with E-state index in [0.29, 0.717) is 15.9 Å². The van der Waals surface area contributed by atoms with Crippen LogP contribution in [0.1, 0.15) is 17.7 Å². The van der Waals surface area contributed by atoms with Gasteiger partial charge < -0.3 is 9.73 Å². The number of aromatic nitrogens is 2. The van der Waals surface area contributed by atoms with E-state index in [1.54, 1.807) is 6.08 Å². The fraction of sp³-hybridized carbons (Fsp3) is 0.100. The fourth-order valence-corrected chi connectivity index (χ4v) is 1.88. The smallest absolute Gasteiger partial charge is 0.401 e. The SMILES string of the molecule is CC(=O)Nc1nnc(/C=C/c2ccc([N+](=O)[O-])o2)s1. The first-order chi connectivity index (χ1) is 9.04. The summed E-state index contributed by atoms with van der Waals surface area (Å²) in [6.07, 6.45) is 3.12. The van der Waals surface area contributed by atoms with Crippen LogP contribution in [0.25, 0.3) is 12.2 Å². The Kier molecular flexibility index (Phi) is 3.66. The highest BCUT2D eigenvalue weighted by Gasteiger charge is 2.10. The minimum absolute atomic E-state index is 0.228. The van der Waals surface area contributed by atoms with Gasteiger partial charge in [-0.2, -0.15) is 0 Å². The molecule has 2 rings (SSSR count). The second-order valence-electron chi connectivity index (χ2n) is 3.39. The second-order valence-corrected chi connectivity index (χ2v) is 4.40. The van der Waals surface area contributed by atoms with Crippen molar-refractivity contribution in [1.29, 1.82) is 0 Å². The van der Waals surface area contributed by atoms with Gasteiger partial charge in [0.1, 0.15) is 15.7 Å². The molecule has 8 nitrogen and oxygen atoms in total. The van der Waals surface area contributed by atoms with E-state index in [0.717, 1.165) is 0 Å². The Bertz CT molecular complexity index is 646. The number of carbonyl (C=O) groups is 1. The number of furan rings is 1. The molecular weight excluding hydrogens is 272 g/mol. The van der Waals surface area contributed by atoms with Gasteiger partial charge in [0.15, 0.2) is 0 Å². The molecule has 2 aromatic rings. The Morgan fingerprint density at radius 3 is 2.89 bits per heavy atom. The zero-order chi connectivity index (χ0) is 13.8. The van der Waals surface area contributed by atoms with E-state index in [2.05, 4.69) is 15.5 Å². The lowest BCUT2D eigenvalue weighted by atomic mass is 10.4. The van der Waals surface area contributed by atoms with E-state index in [-0.39, 0.29) is 11.8 Å². The van der Waals surface area contributed by atoms with Crippen LogP contribution in [0, 0.1) is 10.1 Å². The molecule has 0 bridgehead atoms. The summed E-state index contributed by atoms with van der Waals surface area (Å²) in [5.74, 6) is -0.216. The summed E-state index contributed by atoms with van der Waals surface area (Å²) < 4.78 is 4.94. The highest BCUT2D eigenvalue weighted by Crippen LogP contribution is 2.20. The Labute approximate surface area is 110 Å². The average molecular weight is 280 g/mol. The summed E-state index contributed by atoms with van der Waals surface area (Å²) in [6, 6.07) is 2.74. The number of anilines is 1. The molecule has 9 heteroatoms. The summed E-state index contributed by atoms with van der Waals surface area (Å²) in [7, 11) is 0. The molecule has 0 radical (unpaired) electrons. The maximum Gasteiger partial charge on any atom is 0.433 e. The highest BCUT2D eigenvalue weighted by molar-refractivity contribution is 7.16. The van der Waals surface area contributed by atoms with E-state index >= 15 is 0 Å². The monoisotopic (exact) mass is 280 g/mol. The van der Waals surface area contributed by atoms with Crippen molar-refractivity contribution in [3.05, 3.63) is 33.0 Å². The number of nitro groups is 1. The van der Waals surface area contributed by atoms with Crippen LogP contribution in [0.15, 0.2) is 16.5 Å². The maximum absolute atomic E-state index is 10.8. The van der Waals surface area contributed by atoms with Crippen LogP contribution < -0.4 is 5.32 Å². The lowest BCUT2D eigenvalue weighted by Crippen LogP contribution is -2.04. The fourth-order valence-electron chi connectivity index (χ4n) is 1.19. The van der Waals surface area contributed by atoms with Crippen LogP contribution in [0.3, 0.4) is 0 Å². The van der Waals surface area contributed by atoms with Crippen molar-refractivity contribution < 1.29 is 14.1 Å². The van der Waals surface area contributed by atoms with Crippen molar-refractivity contribution in [2.24, 2.45) is 0 Å². The van der Waals surface area contributed by atoms with Crippen LogP contribution in [0.2, 0.25) is 0 Å². The summed E-state index contributed by atoms with van der Waals surface area (Å²) in [6.45, 7) is 1.37. The molecule has 0 saturated carbocycles. The molecule has 1 amide bonds. The molecule has 0 aromatic carbocycles. The number of hydrogen-bond donors (Lipinski definition) is 1. The van der Waals surface area contributed by atoms with Crippen LogP contribution in [0.5, 0.6) is 0 Å². The van der Waals surface area contributed by atoms with Gasteiger partial charge in [-0.25, -0.2) is 0 Å². The molecule has 0 unspecified atom stereocenters. The standard InChI is InChI=1S/C10H8N4O4S/c1-6(15)11-10-13-12-8(19-10)4-2-7-3-5-9(18-7)14(16)17/h2-5H,1H3,(H,11,13,15)/b4-2+. The molecule has 0 aliphatic carbocycles. The van der Waals surface area contributed by atoms with Crippen molar-refractivity contribution in [1.82, 2.24) is 10.2 Å². The Hall–Kier alpha value is -2.55. The Balaban J connectivity index is 2.07. The van der Waals surface area contributed by atoms with Gasteiger partial charge in [-0.1, -0.05) is 11.3 Å². The van der Waals surface area contributed by atoms with Gasteiger partial charge in [0.2, 0.25) is 11.0 Å². The summed E-state index contributed by atoms with van der Waals surface area (Å²) in [5, 5.41) is 21.4. The predicted molar refractivity (Wildman–Crippen MR) is 68.5 cm³/mol. The van der Waals surface area contributed by atoms with Crippen molar-refractivity contribution in [2.45, 2.75) is 6.92 Å². The minimum Gasteiger partial charge on any atom is -0.401 e. The van der Waals surface area contributed by atoms with Gasteiger partial charge in [-0.05, 0) is 18.2 Å². The molecule has 0 fully saturated rings. The normalized spacial score (nSPS) is 10.8. The van der Waals surface area contributed by atoms with Crippen LogP contribution in [0.4, 0.5) is 11.0 Å². The molecule has 0 spiro atoms. The van der Waals surface area contributed by atoms with Gasteiger partial charge in [0, 0.05) is 6.92 Å². The van der Waals surface area contributed by atoms with Crippen LogP contribution >= 0.6 is 11.3 Å². The summed E-state index contributed by atoms with van der Waals surface area (Å²) >= 11 is 1.18. The third-order valence-electron chi connectivity index (χ3n) is 1.91. The number of nitrogens with one attached hydrogen (secondary N) is 1. The van der Waals surface area contributed by atoms with Crippen LogP contribution in [-0.2, 0) is 4.79 Å². The molecule has 1 N–H and O–H groups in total. The first-order valence-corrected chi connectivity index (χ1v) is 5.89. The topological polar surface area (TPSA) is 111 Å². The van der Waals surface area contributed by atoms with Crippen molar-refractivity contribution in [3.8, 4) is 0 Å². The van der Waals surface area contributed by atoms with Crippen molar-refractivity contribution >= 4 is 40.4 Å². The molecule has 0 aliphatic rings. The second kappa shape index (κ2) is 5.40. The predicted octanol–water partition coefficient (Wildman–Crippen LogP) is 2.17. The molecule has 0 atom stereocenters. The first-order valence-electron chi connectivity index (χ1n) is 5.08. The van der Waals surface area contributed by atoms with E-state index < -0.39 is 4.92 Å². The van der Waals surface area contributed by atoms with E-state index in [4.69, 9.17) is 4.42 Å². The molecule has 98 valence electrons. The molecular formula is C10H8N4O4S. The van der Waals surface area contributed by atoms with E-state index in [1.807, 2.05) is 0 Å². The molecule has 0 saturated heterocycles. The minimum atomic E-state index is -0.614. The van der Waals surface area contributed by atoms with Gasteiger partial charge in [-0.3, -0.25) is 14.9 Å². The van der Waals surface area contributed by atoms with Gasteiger partial charge in [0.25, 0.3) is 0 Å². The number of carbonyl (C=O) groups excluding carboxylic acids is 1. The maximum atomic E-state index is 10.8. The molecule has 2 heterocycles. The van der Waals surface area contributed by atoms with Crippen LogP contribution in [-0.4, -0.2) is 21.0 Å². The first kappa shape index (κ1) is 12.9. The van der Waals surface area contributed by atoms with Gasteiger partial charge in [0.05, 0.1) is 6.07 Å². The zero-order valence-electron chi connectivity index (χ0n) is 9.69. The summed E-state index contributed by atoms with van der Waals surface area (Å²) in [4.78, 5) is 20.6. The molecule has 19 heavy (non-hydrogen) atoms. The number of amides is 1. The zero-order valence-corrected chi connectivity index (χ0v) is 10.5. The number of nitrogens with zero attached hydrogens (tertiary/aromatic N) is 3. The lowest BCUT2D eigenvalue weighted by Gasteiger charge is -1.90. The van der Waals surface area contributed by atoms with Crippen molar-refractivity contribution in [3.63, 3.8) is 0 Å². The molecule has 2 aromatic heterocycles. The Morgan fingerprint density at radius 2 is 2.26 bits per heavy atom. The number of hydrogen-bond acceptors (Lipinski definition) is 7. The van der Waals surface area contributed by atoms with Gasteiger partial charge in [-0.15, -0.1) is 10.2 Å². The lowest BCUT2D eigenvalue weighted by molar-refractivity contribution is -0.402. The largest absolute Gasteiger partial charge is 0.433 e. The summed E-state index contributed by atoms with van der Waals surface area (Å²) in [5.41, 5.74) is 0. The Morgan fingerprint density at radius 1 is 1.47 bits per heavy atom. The third-order valence-corrected chi connectivity index (χ3v) is 2.71. The van der Waals surface area contributed by atoms with Crippen molar-refractivity contribution in [2.75, 3.05) is 5.32 Å². The number of rotatable bonds is 4. The van der Waals surface area contributed by atoms with Gasteiger partial charge >= 0.3 is 5.88 Å².